The summed E-state index contributed by atoms with van der Waals surface area (Å²) >= 11 is 6.95. The number of anilines is 2. The molecule has 0 aliphatic carbocycles. The first-order valence-corrected chi connectivity index (χ1v) is 11.5. The van der Waals surface area contributed by atoms with Crippen molar-refractivity contribution in [2.24, 2.45) is 0 Å². The third kappa shape index (κ3) is 6.86. The second-order valence-corrected chi connectivity index (χ2v) is 8.79. The Balaban J connectivity index is 1.72. The van der Waals surface area contributed by atoms with Crippen LogP contribution >= 0.6 is 22.9 Å². The van der Waals surface area contributed by atoms with Crippen LogP contribution < -0.4 is 25.6 Å². The number of benzene rings is 1. The zero-order chi connectivity index (χ0) is 24.7. The van der Waals surface area contributed by atoms with Crippen molar-refractivity contribution in [2.75, 3.05) is 43.1 Å². The quantitative estimate of drug-likeness (QED) is 0.448. The van der Waals surface area contributed by atoms with Crippen LogP contribution in [-0.2, 0) is 14.3 Å². The average Bonchev–Trinajstić information content (AvgIpc) is 3.24. The lowest BCUT2D eigenvalue weighted by Gasteiger charge is -2.27. The number of nitrogens with one attached hydrogen (secondary N) is 3. The zero-order valence-electron chi connectivity index (χ0n) is 18.1. The summed E-state index contributed by atoms with van der Waals surface area (Å²) in [5.41, 5.74) is 0.334. The lowest BCUT2D eigenvalue weighted by Crippen LogP contribution is -2.48. The molecule has 0 bridgehead atoms. The zero-order valence-corrected chi connectivity index (χ0v) is 19.7. The van der Waals surface area contributed by atoms with Crippen molar-refractivity contribution in [3.8, 4) is 5.75 Å². The number of alkyl halides is 2. The smallest absolute Gasteiger partial charge is 0.387 e. The van der Waals surface area contributed by atoms with Crippen LogP contribution in [0.25, 0.3) is 0 Å². The van der Waals surface area contributed by atoms with E-state index in [1.165, 1.54) is 23.1 Å². The van der Waals surface area contributed by atoms with Crippen molar-refractivity contribution in [3.05, 3.63) is 39.5 Å². The number of thiophene rings is 1. The third-order valence-corrected chi connectivity index (χ3v) is 6.00. The van der Waals surface area contributed by atoms with Crippen molar-refractivity contribution in [1.82, 2.24) is 10.6 Å². The topological polar surface area (TPSA) is 109 Å². The van der Waals surface area contributed by atoms with Crippen molar-refractivity contribution < 1.29 is 32.6 Å². The molecule has 1 atom stereocenters. The fraction of sp³-hybridized carbons (Fsp3) is 0.381. The number of likely N-dealkylation sites (N-methyl/N-ethyl adjacent to an activating group) is 1. The van der Waals surface area contributed by atoms with E-state index in [9.17, 15) is 23.2 Å². The molecular weight excluding hydrogens is 494 g/mol. The molecule has 0 radical (unpaired) electrons. The third-order valence-electron chi connectivity index (χ3n) is 4.77. The molecule has 1 aromatic carbocycles. The second-order valence-electron chi connectivity index (χ2n) is 7.07. The molecule has 2 aromatic rings. The Morgan fingerprint density at radius 3 is 2.74 bits per heavy atom. The van der Waals surface area contributed by atoms with E-state index in [1.807, 2.05) is 0 Å². The van der Waals surface area contributed by atoms with Gasteiger partial charge in [-0.15, -0.1) is 11.3 Å². The summed E-state index contributed by atoms with van der Waals surface area (Å²) in [5.74, 6) is -1.58. The van der Waals surface area contributed by atoms with Gasteiger partial charge in [-0.05, 0) is 30.8 Å². The van der Waals surface area contributed by atoms with E-state index in [0.717, 1.165) is 11.3 Å². The Kier molecular flexibility index (Phi) is 9.16. The molecule has 0 unspecified atom stereocenters. The molecule has 34 heavy (non-hydrogen) atoms. The van der Waals surface area contributed by atoms with Crippen molar-refractivity contribution in [1.29, 1.82) is 0 Å². The molecule has 0 saturated carbocycles. The van der Waals surface area contributed by atoms with Crippen LogP contribution in [0.4, 0.5) is 20.2 Å². The van der Waals surface area contributed by atoms with Gasteiger partial charge < -0.3 is 30.3 Å². The fourth-order valence-corrected chi connectivity index (χ4v) is 4.17. The highest BCUT2D eigenvalue weighted by atomic mass is 35.5. The maximum absolute atomic E-state index is 13.0. The summed E-state index contributed by atoms with van der Waals surface area (Å²) in [4.78, 5) is 39.0. The molecule has 1 fully saturated rings. The first-order chi connectivity index (χ1) is 16.3. The van der Waals surface area contributed by atoms with Crippen molar-refractivity contribution in [3.63, 3.8) is 0 Å². The molecule has 0 spiro atoms. The molecule has 2 heterocycles. The minimum absolute atomic E-state index is 0.00553. The van der Waals surface area contributed by atoms with Gasteiger partial charge in [0.15, 0.2) is 5.75 Å². The average molecular weight is 517 g/mol. The van der Waals surface area contributed by atoms with Crippen LogP contribution in [0.3, 0.4) is 0 Å². The number of carbonyl (C=O) groups excluding carboxylic acids is 3. The van der Waals surface area contributed by atoms with Gasteiger partial charge in [-0.1, -0.05) is 18.5 Å². The predicted molar refractivity (Wildman–Crippen MR) is 124 cm³/mol. The van der Waals surface area contributed by atoms with Crippen LogP contribution in [0.15, 0.2) is 30.3 Å². The van der Waals surface area contributed by atoms with E-state index < -0.39 is 24.5 Å². The lowest BCUT2D eigenvalue weighted by molar-refractivity contribution is -0.125. The SMILES string of the molecule is CCN[C@H](CNC(=O)c1ccc(Cl)s1)C(=O)Nc1ccc(N2CCOCC2=O)cc1OC(F)F. The number of hydrogen-bond acceptors (Lipinski definition) is 7. The maximum atomic E-state index is 13.0. The maximum Gasteiger partial charge on any atom is 0.387 e. The standard InChI is InChI=1S/C21H23ClF2N4O5S/c1-2-25-14(10-26-20(31)16-5-6-17(22)34-16)19(30)27-13-4-3-12(9-15(13)33-21(23)24)28-7-8-32-11-18(28)29/h3-6,9,14,21,25H,2,7-8,10-11H2,1H3,(H,26,31)(H,27,30)/t14-/m1/s1. The van der Waals surface area contributed by atoms with Crippen molar-refractivity contribution >= 4 is 52.0 Å². The summed E-state index contributed by atoms with van der Waals surface area (Å²) in [6, 6.07) is 6.46. The molecule has 3 rings (SSSR count). The Hall–Kier alpha value is -2.80. The van der Waals surface area contributed by atoms with Gasteiger partial charge in [0.05, 0.1) is 21.5 Å². The predicted octanol–water partition coefficient (Wildman–Crippen LogP) is 2.71. The van der Waals surface area contributed by atoms with E-state index in [1.54, 1.807) is 19.1 Å². The number of rotatable bonds is 10. The second kappa shape index (κ2) is 12.1. The summed E-state index contributed by atoms with van der Waals surface area (Å²) in [6.45, 7) is -0.554. The number of morpholine rings is 1. The summed E-state index contributed by atoms with van der Waals surface area (Å²) < 4.78 is 36.2. The van der Waals surface area contributed by atoms with E-state index in [-0.39, 0.29) is 37.0 Å². The Morgan fingerprint density at radius 1 is 1.29 bits per heavy atom. The summed E-state index contributed by atoms with van der Waals surface area (Å²) in [7, 11) is 0. The Morgan fingerprint density at radius 2 is 2.09 bits per heavy atom. The number of nitrogens with zero attached hydrogens (tertiary/aromatic N) is 1. The number of carbonyl (C=O) groups is 3. The molecule has 184 valence electrons. The van der Waals surface area contributed by atoms with Crippen LogP contribution in [0.5, 0.6) is 5.75 Å². The highest BCUT2D eigenvalue weighted by Gasteiger charge is 2.24. The van der Waals surface area contributed by atoms with E-state index in [2.05, 4.69) is 20.7 Å². The number of halogens is 3. The van der Waals surface area contributed by atoms with E-state index in [4.69, 9.17) is 16.3 Å². The number of amides is 3. The molecule has 1 aromatic heterocycles. The minimum Gasteiger partial charge on any atom is -0.433 e. The highest BCUT2D eigenvalue weighted by Crippen LogP contribution is 2.32. The van der Waals surface area contributed by atoms with Crippen LogP contribution in [0, 0.1) is 0 Å². The molecule has 3 N–H and O–H groups in total. The first kappa shape index (κ1) is 25.8. The van der Waals surface area contributed by atoms with Crippen LogP contribution in [-0.4, -0.2) is 63.2 Å². The molecule has 9 nitrogen and oxygen atoms in total. The normalized spacial score (nSPS) is 14.7. The van der Waals surface area contributed by atoms with Gasteiger partial charge >= 0.3 is 6.61 Å². The van der Waals surface area contributed by atoms with Gasteiger partial charge in [0, 0.05) is 24.8 Å². The van der Waals surface area contributed by atoms with Gasteiger partial charge in [0.2, 0.25) is 5.91 Å². The summed E-state index contributed by atoms with van der Waals surface area (Å²) in [6.07, 6.45) is 0. The lowest BCUT2D eigenvalue weighted by atomic mass is 10.2. The van der Waals surface area contributed by atoms with E-state index in [0.29, 0.717) is 28.1 Å². The largest absolute Gasteiger partial charge is 0.433 e. The monoisotopic (exact) mass is 516 g/mol. The van der Waals surface area contributed by atoms with Gasteiger partial charge in [0.25, 0.3) is 11.8 Å². The Labute approximate surface area is 203 Å². The van der Waals surface area contributed by atoms with Gasteiger partial charge in [-0.25, -0.2) is 0 Å². The minimum atomic E-state index is -3.15. The molecule has 13 heteroatoms. The Bertz CT molecular complexity index is 1040. The van der Waals surface area contributed by atoms with Gasteiger partial charge in [-0.2, -0.15) is 8.78 Å². The summed E-state index contributed by atoms with van der Waals surface area (Å²) in [5, 5.41) is 8.14. The number of ether oxygens (including phenoxy) is 2. The van der Waals surface area contributed by atoms with Crippen LogP contribution in [0.1, 0.15) is 16.6 Å². The first-order valence-electron chi connectivity index (χ1n) is 10.3. The molecular formula is C21H23ClF2N4O5S. The molecule has 3 amide bonds. The molecule has 1 saturated heterocycles. The number of hydrogen-bond donors (Lipinski definition) is 3. The van der Waals surface area contributed by atoms with Gasteiger partial charge in [-0.3, -0.25) is 14.4 Å². The molecule has 1 aliphatic rings. The van der Waals surface area contributed by atoms with Crippen molar-refractivity contribution in [2.45, 2.75) is 19.6 Å². The van der Waals surface area contributed by atoms with Gasteiger partial charge in [0.1, 0.15) is 12.6 Å². The fourth-order valence-electron chi connectivity index (χ4n) is 3.21. The van der Waals surface area contributed by atoms with Crippen LogP contribution in [0.2, 0.25) is 4.34 Å². The highest BCUT2D eigenvalue weighted by molar-refractivity contribution is 7.18. The van der Waals surface area contributed by atoms with E-state index >= 15 is 0 Å². The molecule has 1 aliphatic heterocycles.